The molecule has 2 N–H and O–H groups in total. The van der Waals surface area contributed by atoms with Gasteiger partial charge < -0.3 is 10.6 Å². The molecule has 0 bridgehead atoms. The second-order valence-corrected chi connectivity index (χ2v) is 7.30. The van der Waals surface area contributed by atoms with E-state index in [9.17, 15) is 9.59 Å². The predicted molar refractivity (Wildman–Crippen MR) is 106 cm³/mol. The molecule has 0 saturated heterocycles. The number of halogens is 1. The molecule has 0 aliphatic carbocycles. The second-order valence-electron chi connectivity index (χ2n) is 6.44. The van der Waals surface area contributed by atoms with Gasteiger partial charge in [-0.1, -0.05) is 0 Å². The van der Waals surface area contributed by atoms with Crippen LogP contribution in [0.4, 0.5) is 5.69 Å². The van der Waals surface area contributed by atoms with E-state index in [2.05, 4.69) is 41.9 Å². The average Bonchev–Trinajstić information content (AvgIpc) is 3.32. The van der Waals surface area contributed by atoms with Gasteiger partial charge >= 0.3 is 0 Å². The molecule has 0 fully saturated rings. The first-order valence-electron chi connectivity index (χ1n) is 8.56. The average molecular weight is 449 g/mol. The van der Waals surface area contributed by atoms with Crippen LogP contribution in [-0.4, -0.2) is 41.2 Å². The minimum atomic E-state index is -0.559. The van der Waals surface area contributed by atoms with Crippen LogP contribution in [-0.2, 0) is 25.4 Å². The number of rotatable bonds is 6. The summed E-state index contributed by atoms with van der Waals surface area (Å²) in [7, 11) is 3.45. The van der Waals surface area contributed by atoms with Gasteiger partial charge in [-0.2, -0.15) is 15.3 Å². The molecule has 3 aromatic rings. The molecule has 148 valence electrons. The number of aromatic nitrogens is 6. The highest BCUT2D eigenvalue weighted by atomic mass is 79.9. The van der Waals surface area contributed by atoms with Gasteiger partial charge in [0.25, 0.3) is 5.91 Å². The van der Waals surface area contributed by atoms with Crippen molar-refractivity contribution in [2.45, 2.75) is 26.4 Å². The van der Waals surface area contributed by atoms with Crippen molar-refractivity contribution in [1.82, 2.24) is 34.7 Å². The molecule has 0 saturated carbocycles. The molecule has 28 heavy (non-hydrogen) atoms. The van der Waals surface area contributed by atoms with Crippen molar-refractivity contribution in [1.29, 1.82) is 0 Å². The van der Waals surface area contributed by atoms with E-state index in [0.29, 0.717) is 12.2 Å². The molecule has 0 radical (unpaired) electrons. The Balaban J connectivity index is 1.71. The molecule has 0 aliphatic heterocycles. The fourth-order valence-corrected chi connectivity index (χ4v) is 2.93. The molecule has 1 unspecified atom stereocenters. The van der Waals surface area contributed by atoms with Gasteiger partial charge in [0.05, 0.1) is 28.2 Å². The third-order valence-electron chi connectivity index (χ3n) is 4.26. The Morgan fingerprint density at radius 2 is 1.96 bits per heavy atom. The largest absolute Gasteiger partial charge is 0.346 e. The third-order valence-corrected chi connectivity index (χ3v) is 5.03. The summed E-state index contributed by atoms with van der Waals surface area (Å²) in [6.45, 7) is 3.89. The van der Waals surface area contributed by atoms with E-state index in [1.165, 1.54) is 10.9 Å². The van der Waals surface area contributed by atoms with Gasteiger partial charge in [-0.05, 0) is 29.8 Å². The van der Waals surface area contributed by atoms with Crippen molar-refractivity contribution in [2.75, 3.05) is 5.32 Å². The number of anilines is 1. The quantitative estimate of drug-likeness (QED) is 0.593. The molecule has 3 aromatic heterocycles. The van der Waals surface area contributed by atoms with Gasteiger partial charge in [-0.25, -0.2) is 0 Å². The zero-order valence-corrected chi connectivity index (χ0v) is 17.6. The SMILES string of the molecule is Cc1nn(C(C)C(=O)Nc2cnn(C)c2C(=O)NCc2cnn(C)c2)cc1Br. The summed E-state index contributed by atoms with van der Waals surface area (Å²) in [5.41, 5.74) is 2.27. The molecule has 2 amide bonds. The molecule has 3 rings (SSSR count). The molecule has 0 aliphatic rings. The van der Waals surface area contributed by atoms with E-state index in [4.69, 9.17) is 0 Å². The van der Waals surface area contributed by atoms with Gasteiger partial charge in [-0.3, -0.25) is 23.6 Å². The third kappa shape index (κ3) is 4.14. The summed E-state index contributed by atoms with van der Waals surface area (Å²) in [6.07, 6.45) is 6.69. The van der Waals surface area contributed by atoms with Crippen LogP contribution in [0, 0.1) is 6.92 Å². The van der Waals surface area contributed by atoms with Gasteiger partial charge in [0.1, 0.15) is 11.7 Å². The van der Waals surface area contributed by atoms with Gasteiger partial charge in [-0.15, -0.1) is 0 Å². The molecule has 3 heterocycles. The molecule has 11 heteroatoms. The Morgan fingerprint density at radius 1 is 1.21 bits per heavy atom. The molecular weight excluding hydrogens is 428 g/mol. The smallest absolute Gasteiger partial charge is 0.271 e. The highest BCUT2D eigenvalue weighted by Crippen LogP contribution is 2.19. The summed E-state index contributed by atoms with van der Waals surface area (Å²) in [6, 6.07) is -0.559. The van der Waals surface area contributed by atoms with Crippen LogP contribution < -0.4 is 10.6 Å². The molecule has 1 atom stereocenters. The summed E-state index contributed by atoms with van der Waals surface area (Å²) in [4.78, 5) is 25.3. The maximum absolute atomic E-state index is 12.6. The van der Waals surface area contributed by atoms with Crippen molar-refractivity contribution in [3.05, 3.63) is 46.2 Å². The van der Waals surface area contributed by atoms with E-state index in [-0.39, 0.29) is 17.5 Å². The van der Waals surface area contributed by atoms with Crippen LogP contribution in [0.5, 0.6) is 0 Å². The van der Waals surface area contributed by atoms with Crippen molar-refractivity contribution in [3.8, 4) is 0 Å². The van der Waals surface area contributed by atoms with Crippen molar-refractivity contribution >= 4 is 33.4 Å². The molecule has 0 spiro atoms. The number of nitrogens with zero attached hydrogens (tertiary/aromatic N) is 6. The van der Waals surface area contributed by atoms with Gasteiger partial charge in [0.15, 0.2) is 0 Å². The van der Waals surface area contributed by atoms with Crippen LogP contribution in [0.3, 0.4) is 0 Å². The lowest BCUT2D eigenvalue weighted by atomic mass is 10.2. The van der Waals surface area contributed by atoms with Crippen LogP contribution in [0.1, 0.15) is 34.7 Å². The number of carbonyl (C=O) groups excluding carboxylic acids is 2. The van der Waals surface area contributed by atoms with Gasteiger partial charge in [0, 0.05) is 38.6 Å². The summed E-state index contributed by atoms with van der Waals surface area (Å²) in [5.74, 6) is -0.645. The van der Waals surface area contributed by atoms with Crippen LogP contribution in [0.2, 0.25) is 0 Å². The maximum atomic E-state index is 12.6. The second kappa shape index (κ2) is 7.97. The highest BCUT2D eigenvalue weighted by Gasteiger charge is 2.22. The van der Waals surface area contributed by atoms with Crippen LogP contribution >= 0.6 is 15.9 Å². The van der Waals surface area contributed by atoms with Crippen LogP contribution in [0.25, 0.3) is 0 Å². The first kappa shape index (κ1) is 19.8. The van der Waals surface area contributed by atoms with E-state index < -0.39 is 6.04 Å². The molecular formula is C17H21BrN8O2. The minimum Gasteiger partial charge on any atom is -0.346 e. The van der Waals surface area contributed by atoms with E-state index in [1.54, 1.807) is 42.8 Å². The highest BCUT2D eigenvalue weighted by molar-refractivity contribution is 9.10. The lowest BCUT2D eigenvalue weighted by Gasteiger charge is -2.13. The Kier molecular flexibility index (Phi) is 5.63. The fourth-order valence-electron chi connectivity index (χ4n) is 2.64. The number of carbonyl (C=O) groups is 2. The lowest BCUT2D eigenvalue weighted by molar-refractivity contribution is -0.119. The molecule has 10 nitrogen and oxygen atoms in total. The summed E-state index contributed by atoms with van der Waals surface area (Å²) >= 11 is 3.39. The number of hydrogen-bond acceptors (Lipinski definition) is 5. The topological polar surface area (TPSA) is 112 Å². The summed E-state index contributed by atoms with van der Waals surface area (Å²) in [5, 5.41) is 18.0. The zero-order valence-electron chi connectivity index (χ0n) is 16.0. The fraction of sp³-hybridized carbons (Fsp3) is 0.353. The van der Waals surface area contributed by atoms with Crippen molar-refractivity contribution in [3.63, 3.8) is 0 Å². The predicted octanol–water partition coefficient (Wildman–Crippen LogP) is 1.55. The number of nitrogens with one attached hydrogen (secondary N) is 2. The van der Waals surface area contributed by atoms with Crippen molar-refractivity contribution < 1.29 is 9.59 Å². The zero-order chi connectivity index (χ0) is 20.4. The van der Waals surface area contributed by atoms with E-state index in [0.717, 1.165) is 15.7 Å². The monoisotopic (exact) mass is 448 g/mol. The normalized spacial score (nSPS) is 12.0. The number of aryl methyl sites for hydroxylation is 3. The lowest BCUT2D eigenvalue weighted by Crippen LogP contribution is -2.28. The number of hydrogen-bond donors (Lipinski definition) is 2. The number of amides is 2. The Labute approximate surface area is 170 Å². The van der Waals surface area contributed by atoms with E-state index >= 15 is 0 Å². The Hall–Kier alpha value is -2.95. The van der Waals surface area contributed by atoms with Crippen molar-refractivity contribution in [2.24, 2.45) is 14.1 Å². The summed E-state index contributed by atoms with van der Waals surface area (Å²) < 4.78 is 5.47. The first-order valence-corrected chi connectivity index (χ1v) is 9.35. The van der Waals surface area contributed by atoms with Gasteiger partial charge in [0.2, 0.25) is 5.91 Å². The Bertz CT molecular complexity index is 999. The Morgan fingerprint density at radius 3 is 2.57 bits per heavy atom. The van der Waals surface area contributed by atoms with Crippen LogP contribution in [0.15, 0.2) is 29.3 Å². The minimum absolute atomic E-state index is 0.266. The maximum Gasteiger partial charge on any atom is 0.271 e. The molecule has 0 aromatic carbocycles. The first-order chi connectivity index (χ1) is 13.3. The standard InChI is InChI=1S/C17H21BrN8O2/c1-10-13(18)9-26(23-10)11(2)16(27)22-14-7-21-25(4)15(14)17(28)19-5-12-6-20-24(3)8-12/h6-9,11H,5H2,1-4H3,(H,19,28)(H,22,27). The van der Waals surface area contributed by atoms with E-state index in [1.807, 2.05) is 13.1 Å².